The number of esters is 1. The predicted molar refractivity (Wildman–Crippen MR) is 110 cm³/mol. The first-order valence-corrected chi connectivity index (χ1v) is 10.8. The molecule has 6 rings (SSSR count). The number of piperidine rings is 3. The number of para-hydroxylation sites is 2. The summed E-state index contributed by atoms with van der Waals surface area (Å²) in [5.41, 5.74) is -1.06. The van der Waals surface area contributed by atoms with E-state index in [-0.39, 0.29) is 12.7 Å². The summed E-state index contributed by atoms with van der Waals surface area (Å²) in [6, 6.07) is 14.2. The quantitative estimate of drug-likeness (QED) is 0.585. The molecule has 0 radical (unpaired) electrons. The topological polar surface area (TPSA) is 76.0 Å². The largest absolute Gasteiger partial charge is 0.457 e. The highest BCUT2D eigenvalue weighted by atomic mass is 16.6. The van der Waals surface area contributed by atoms with E-state index in [4.69, 9.17) is 9.47 Å². The van der Waals surface area contributed by atoms with Gasteiger partial charge in [-0.25, -0.2) is 4.79 Å². The first-order chi connectivity index (χ1) is 14.6. The van der Waals surface area contributed by atoms with Gasteiger partial charge in [0.25, 0.3) is 0 Å². The van der Waals surface area contributed by atoms with Crippen LogP contribution in [0.15, 0.2) is 48.5 Å². The third-order valence-electron chi connectivity index (χ3n) is 7.16. The Balaban J connectivity index is 1.46. The Kier molecular flexibility index (Phi) is 4.81. The van der Waals surface area contributed by atoms with Crippen LogP contribution < -0.4 is 4.74 Å². The van der Waals surface area contributed by atoms with E-state index < -0.39 is 11.6 Å². The number of carbonyl (C=O) groups is 1. The molecule has 6 heteroatoms. The van der Waals surface area contributed by atoms with Gasteiger partial charge in [-0.15, -0.1) is 0 Å². The van der Waals surface area contributed by atoms with Crippen LogP contribution in [0.3, 0.4) is 0 Å². The lowest BCUT2D eigenvalue weighted by Gasteiger charge is -2.52. The minimum absolute atomic E-state index is 0.182. The fourth-order valence-corrected chi connectivity index (χ4v) is 5.49. The van der Waals surface area contributed by atoms with Crippen molar-refractivity contribution in [2.24, 2.45) is 5.92 Å². The van der Waals surface area contributed by atoms with Gasteiger partial charge in [0.05, 0.1) is 19.6 Å². The van der Waals surface area contributed by atoms with Crippen molar-refractivity contribution in [1.82, 2.24) is 0 Å². The molecular formula is C24H28NO5+. The number of ether oxygens (including phenoxy) is 2. The molecule has 30 heavy (non-hydrogen) atoms. The molecule has 3 saturated heterocycles. The van der Waals surface area contributed by atoms with E-state index in [0.717, 1.165) is 49.9 Å². The second-order valence-electron chi connectivity index (χ2n) is 8.86. The van der Waals surface area contributed by atoms with Crippen molar-refractivity contribution in [3.63, 3.8) is 0 Å². The third kappa shape index (κ3) is 3.02. The van der Waals surface area contributed by atoms with Gasteiger partial charge in [-0.05, 0) is 12.1 Å². The van der Waals surface area contributed by atoms with Crippen LogP contribution in [0.25, 0.3) is 0 Å². The molecule has 0 saturated carbocycles. The number of rotatable bonds is 5. The van der Waals surface area contributed by atoms with Gasteiger partial charge in [0.1, 0.15) is 18.0 Å². The van der Waals surface area contributed by atoms with E-state index in [9.17, 15) is 15.0 Å². The SMILES string of the molecule is O=C(O[C@H]1C[N+]2(CCCO)CCC1CC2)C1(O)c2ccccc2Oc2ccccc21. The van der Waals surface area contributed by atoms with Crippen LogP contribution in [0.4, 0.5) is 0 Å². The summed E-state index contributed by atoms with van der Waals surface area (Å²) in [6.07, 6.45) is 2.56. The lowest BCUT2D eigenvalue weighted by molar-refractivity contribution is -0.946. The zero-order valence-electron chi connectivity index (χ0n) is 17.0. The van der Waals surface area contributed by atoms with E-state index >= 15 is 0 Å². The van der Waals surface area contributed by atoms with Crippen LogP contribution >= 0.6 is 0 Å². The molecule has 4 heterocycles. The molecule has 4 aliphatic heterocycles. The van der Waals surface area contributed by atoms with Gasteiger partial charge in [-0.2, -0.15) is 0 Å². The first-order valence-electron chi connectivity index (χ1n) is 10.8. The zero-order chi connectivity index (χ0) is 20.8. The molecule has 0 spiro atoms. The molecule has 2 aromatic carbocycles. The minimum atomic E-state index is -1.90. The monoisotopic (exact) mass is 410 g/mol. The van der Waals surface area contributed by atoms with Gasteiger partial charge >= 0.3 is 5.97 Å². The number of hydrogen-bond donors (Lipinski definition) is 2. The Hall–Kier alpha value is -2.41. The highest BCUT2D eigenvalue weighted by molar-refractivity contribution is 5.88. The average Bonchev–Trinajstić information content (AvgIpc) is 2.79. The number of aliphatic hydroxyl groups excluding tert-OH is 1. The Labute approximate surface area is 176 Å². The zero-order valence-corrected chi connectivity index (χ0v) is 17.0. The summed E-state index contributed by atoms with van der Waals surface area (Å²) < 4.78 is 12.9. The van der Waals surface area contributed by atoms with Crippen molar-refractivity contribution >= 4 is 5.97 Å². The Morgan fingerprint density at radius 2 is 1.67 bits per heavy atom. The van der Waals surface area contributed by atoms with Gasteiger partial charge in [0.15, 0.2) is 6.10 Å². The summed E-state index contributed by atoms with van der Waals surface area (Å²) >= 11 is 0. The van der Waals surface area contributed by atoms with Crippen molar-refractivity contribution in [1.29, 1.82) is 0 Å². The van der Waals surface area contributed by atoms with Crippen LogP contribution in [-0.2, 0) is 15.1 Å². The van der Waals surface area contributed by atoms with Crippen LogP contribution in [0.5, 0.6) is 11.5 Å². The lowest BCUT2D eigenvalue weighted by atomic mass is 9.81. The number of quaternary nitrogens is 1. The normalized spacial score (nSPS) is 28.2. The summed E-state index contributed by atoms with van der Waals surface area (Å²) in [7, 11) is 0. The highest BCUT2D eigenvalue weighted by Crippen LogP contribution is 2.48. The molecule has 0 aliphatic carbocycles. The maximum Gasteiger partial charge on any atom is 0.348 e. The van der Waals surface area contributed by atoms with Crippen LogP contribution in [0.1, 0.15) is 30.4 Å². The molecule has 4 aliphatic rings. The lowest BCUT2D eigenvalue weighted by Crippen LogP contribution is -2.65. The van der Waals surface area contributed by atoms with Crippen molar-refractivity contribution in [2.45, 2.75) is 31.0 Å². The second kappa shape index (κ2) is 7.38. The smallest absolute Gasteiger partial charge is 0.348 e. The number of carbonyl (C=O) groups excluding carboxylic acids is 1. The van der Waals surface area contributed by atoms with Gasteiger partial charge in [0, 0.05) is 42.9 Å². The number of benzene rings is 2. The third-order valence-corrected chi connectivity index (χ3v) is 7.16. The van der Waals surface area contributed by atoms with Crippen LogP contribution in [0, 0.1) is 5.92 Å². The van der Waals surface area contributed by atoms with E-state index in [1.165, 1.54) is 0 Å². The van der Waals surface area contributed by atoms with Crippen LogP contribution in [0.2, 0.25) is 0 Å². The van der Waals surface area contributed by atoms with Gasteiger partial charge in [-0.3, -0.25) is 0 Å². The van der Waals surface area contributed by atoms with E-state index in [2.05, 4.69) is 0 Å². The van der Waals surface area contributed by atoms with Gasteiger partial charge < -0.3 is 24.2 Å². The molecule has 0 unspecified atom stereocenters. The minimum Gasteiger partial charge on any atom is -0.457 e. The Bertz CT molecular complexity index is 905. The number of nitrogens with zero attached hydrogens (tertiary/aromatic N) is 1. The van der Waals surface area contributed by atoms with Crippen molar-refractivity contribution < 1.29 is 29.0 Å². The average molecular weight is 410 g/mol. The first kappa shape index (κ1) is 19.5. The maximum absolute atomic E-state index is 13.5. The molecule has 0 amide bonds. The predicted octanol–water partition coefficient (Wildman–Crippen LogP) is 2.56. The molecule has 1 atom stereocenters. The highest BCUT2D eigenvalue weighted by Gasteiger charge is 2.52. The fraction of sp³-hybridized carbons (Fsp3) is 0.458. The summed E-state index contributed by atoms with van der Waals surface area (Å²) in [4.78, 5) is 13.5. The number of hydrogen-bond acceptors (Lipinski definition) is 5. The summed E-state index contributed by atoms with van der Waals surface area (Å²) in [5, 5.41) is 21.0. The fourth-order valence-electron chi connectivity index (χ4n) is 5.49. The van der Waals surface area contributed by atoms with Crippen molar-refractivity contribution in [2.75, 3.05) is 32.8 Å². The van der Waals surface area contributed by atoms with Crippen LogP contribution in [-0.4, -0.2) is 59.6 Å². The van der Waals surface area contributed by atoms with E-state index in [1.54, 1.807) is 36.4 Å². The number of fused-ring (bicyclic) bond motifs is 5. The van der Waals surface area contributed by atoms with Gasteiger partial charge in [-0.1, -0.05) is 36.4 Å². The molecule has 158 valence electrons. The molecular weight excluding hydrogens is 382 g/mol. The molecule has 2 bridgehead atoms. The van der Waals surface area contributed by atoms with Crippen molar-refractivity contribution in [3.05, 3.63) is 59.7 Å². The van der Waals surface area contributed by atoms with Gasteiger partial charge in [0.2, 0.25) is 5.60 Å². The molecule has 6 nitrogen and oxygen atoms in total. The Morgan fingerprint density at radius 1 is 1.07 bits per heavy atom. The standard InChI is InChI=1S/C24H28NO5/c26-15-5-12-25-13-10-17(11-14-25)22(16-25)30-23(27)24(28)18-6-1-3-8-20(18)29-21-9-4-2-7-19(21)24/h1-4,6-9,17,22,26,28H,5,10-16H2/q+1/t17?,22-,25?/m0/s1. The number of aliphatic hydroxyl groups is 2. The van der Waals surface area contributed by atoms with E-state index in [0.29, 0.717) is 28.5 Å². The summed E-state index contributed by atoms with van der Waals surface area (Å²) in [6.45, 7) is 3.99. The maximum atomic E-state index is 13.5. The molecule has 3 fully saturated rings. The summed E-state index contributed by atoms with van der Waals surface area (Å²) in [5.74, 6) is 0.633. The second-order valence-corrected chi connectivity index (χ2v) is 8.86. The molecule has 2 N–H and O–H groups in total. The molecule has 0 aromatic heterocycles. The van der Waals surface area contributed by atoms with Crippen molar-refractivity contribution in [3.8, 4) is 11.5 Å². The Morgan fingerprint density at radius 3 is 2.27 bits per heavy atom. The molecule has 2 aromatic rings. The van der Waals surface area contributed by atoms with E-state index in [1.807, 2.05) is 12.1 Å².